The van der Waals surface area contributed by atoms with E-state index in [1.165, 1.54) is 25.3 Å². The summed E-state index contributed by atoms with van der Waals surface area (Å²) in [5, 5.41) is 12.3. The number of rotatable bonds is 3. The van der Waals surface area contributed by atoms with Crippen molar-refractivity contribution in [1.29, 1.82) is 5.26 Å². The van der Waals surface area contributed by atoms with Gasteiger partial charge >= 0.3 is 0 Å². The molecule has 1 amide bonds. The fourth-order valence-corrected chi connectivity index (χ4v) is 4.29. The summed E-state index contributed by atoms with van der Waals surface area (Å²) in [6, 6.07) is 6.61. The van der Waals surface area contributed by atoms with Crippen molar-refractivity contribution in [3.63, 3.8) is 0 Å². The Morgan fingerprint density at radius 3 is 2.81 bits per heavy atom. The highest BCUT2D eigenvalue weighted by molar-refractivity contribution is 7.89. The molecule has 0 atom stereocenters. The molecule has 0 fully saturated rings. The molecule has 7 nitrogen and oxygen atoms in total. The molecule has 0 radical (unpaired) electrons. The molecule has 1 aliphatic carbocycles. The van der Waals surface area contributed by atoms with Gasteiger partial charge in [0.15, 0.2) is 0 Å². The summed E-state index contributed by atoms with van der Waals surface area (Å²) in [6.45, 7) is 0. The zero-order valence-corrected chi connectivity index (χ0v) is 15.4. The third kappa shape index (κ3) is 2.85. The number of fused-ring (bicyclic) bond motifs is 2. The van der Waals surface area contributed by atoms with Gasteiger partial charge in [-0.2, -0.15) is 5.26 Å². The summed E-state index contributed by atoms with van der Waals surface area (Å²) in [5.74, 6) is 0.793. The van der Waals surface area contributed by atoms with Gasteiger partial charge < -0.3 is 9.73 Å². The minimum atomic E-state index is -3.64. The molecule has 1 aromatic heterocycles. The predicted octanol–water partition coefficient (Wildman–Crippen LogP) is 2.43. The maximum atomic E-state index is 12.4. The Labute approximate surface area is 156 Å². The first kappa shape index (κ1) is 17.5. The number of aryl methyl sites for hydroxylation is 1. The molecule has 2 aromatic rings. The number of anilines is 1. The zero-order chi connectivity index (χ0) is 19.2. The van der Waals surface area contributed by atoms with Crippen LogP contribution in [-0.2, 0) is 27.7 Å². The van der Waals surface area contributed by atoms with Gasteiger partial charge in [-0.05, 0) is 50.6 Å². The van der Waals surface area contributed by atoms with Gasteiger partial charge in [-0.1, -0.05) is 0 Å². The van der Waals surface area contributed by atoms with Crippen LogP contribution < -0.4 is 10.0 Å². The fourth-order valence-electron chi connectivity index (χ4n) is 3.54. The normalized spacial score (nSPS) is 17.3. The van der Waals surface area contributed by atoms with Crippen LogP contribution in [0.15, 0.2) is 27.5 Å². The third-order valence-electron chi connectivity index (χ3n) is 4.94. The van der Waals surface area contributed by atoms with Gasteiger partial charge in [-0.25, -0.2) is 13.1 Å². The summed E-state index contributed by atoms with van der Waals surface area (Å²) >= 11 is 0. The van der Waals surface area contributed by atoms with E-state index in [1.807, 2.05) is 0 Å². The minimum Gasteiger partial charge on any atom is -0.460 e. The lowest BCUT2D eigenvalue weighted by molar-refractivity contribution is -0.110. The van der Waals surface area contributed by atoms with Crippen LogP contribution in [0.25, 0.3) is 11.6 Å². The number of carbonyl (C=O) groups excluding carboxylic acids is 1. The summed E-state index contributed by atoms with van der Waals surface area (Å²) in [5.41, 5.74) is 2.64. The van der Waals surface area contributed by atoms with Crippen LogP contribution in [0.3, 0.4) is 0 Å². The first-order chi connectivity index (χ1) is 12.9. The number of nitriles is 1. The summed E-state index contributed by atoms with van der Waals surface area (Å²) in [7, 11) is -2.31. The summed E-state index contributed by atoms with van der Waals surface area (Å²) in [4.78, 5) is 12.5. The van der Waals surface area contributed by atoms with E-state index >= 15 is 0 Å². The van der Waals surface area contributed by atoms with Gasteiger partial charge in [0.25, 0.3) is 5.91 Å². The molecule has 138 valence electrons. The van der Waals surface area contributed by atoms with E-state index in [9.17, 15) is 18.5 Å². The van der Waals surface area contributed by atoms with E-state index < -0.39 is 10.0 Å². The van der Waals surface area contributed by atoms with Crippen molar-refractivity contribution in [3.8, 4) is 6.07 Å². The van der Waals surface area contributed by atoms with E-state index in [0.29, 0.717) is 22.6 Å². The fraction of sp³-hybridized carbons (Fsp3) is 0.263. The van der Waals surface area contributed by atoms with Crippen LogP contribution in [0.2, 0.25) is 0 Å². The van der Waals surface area contributed by atoms with Crippen molar-refractivity contribution >= 4 is 33.3 Å². The Hall–Kier alpha value is -2.89. The maximum absolute atomic E-state index is 12.4. The summed E-state index contributed by atoms with van der Waals surface area (Å²) < 4.78 is 32.3. The molecule has 0 bridgehead atoms. The van der Waals surface area contributed by atoms with Crippen molar-refractivity contribution < 1.29 is 17.6 Å². The number of carbonyl (C=O) groups is 1. The molecule has 27 heavy (non-hydrogen) atoms. The molecule has 2 heterocycles. The van der Waals surface area contributed by atoms with Gasteiger partial charge in [0, 0.05) is 23.2 Å². The van der Waals surface area contributed by atoms with Crippen LogP contribution in [-0.4, -0.2) is 21.4 Å². The van der Waals surface area contributed by atoms with Crippen molar-refractivity contribution in [2.24, 2.45) is 0 Å². The SMILES string of the molecule is CNS(=O)(=O)c1ccc2c(c1)C(=Cc1oc3c(c1C#N)CCCC3)C(=O)N2. The van der Waals surface area contributed by atoms with E-state index in [-0.39, 0.29) is 16.4 Å². The summed E-state index contributed by atoms with van der Waals surface area (Å²) in [6.07, 6.45) is 5.12. The number of benzene rings is 1. The smallest absolute Gasteiger partial charge is 0.256 e. The van der Waals surface area contributed by atoms with E-state index in [4.69, 9.17) is 4.42 Å². The number of sulfonamides is 1. The number of nitrogens with zero attached hydrogens (tertiary/aromatic N) is 1. The second-order valence-electron chi connectivity index (χ2n) is 6.49. The second kappa shape index (κ2) is 6.37. The topological polar surface area (TPSA) is 112 Å². The number of nitrogens with one attached hydrogen (secondary N) is 2. The van der Waals surface area contributed by atoms with Gasteiger partial charge in [0.2, 0.25) is 10.0 Å². The number of hydrogen-bond donors (Lipinski definition) is 2. The van der Waals surface area contributed by atoms with Gasteiger partial charge in [0.1, 0.15) is 23.2 Å². The number of amides is 1. The molecular weight excluding hydrogens is 366 g/mol. The highest BCUT2D eigenvalue weighted by Crippen LogP contribution is 2.37. The Kier molecular flexibility index (Phi) is 4.13. The molecule has 8 heteroatoms. The molecule has 1 aromatic carbocycles. The van der Waals surface area contributed by atoms with Crippen LogP contribution in [0, 0.1) is 11.3 Å². The molecule has 0 unspecified atom stereocenters. The lowest BCUT2D eigenvalue weighted by atomic mass is 9.94. The Bertz CT molecular complexity index is 1140. The van der Waals surface area contributed by atoms with E-state index in [2.05, 4.69) is 16.1 Å². The van der Waals surface area contributed by atoms with Gasteiger partial charge in [0.05, 0.1) is 10.5 Å². The standard InChI is InChI=1S/C19H17N3O4S/c1-21-27(24,25)11-6-7-16-13(8-11)14(19(23)22-16)9-18-15(10-20)12-4-2-3-5-17(12)26-18/h6-9,21H,2-5H2,1H3,(H,22,23). The zero-order valence-electron chi connectivity index (χ0n) is 14.6. The van der Waals surface area contributed by atoms with Crippen molar-refractivity contribution in [2.75, 3.05) is 12.4 Å². The van der Waals surface area contributed by atoms with Crippen molar-refractivity contribution in [2.45, 2.75) is 30.6 Å². The number of furan rings is 1. The Morgan fingerprint density at radius 2 is 2.07 bits per heavy atom. The molecule has 0 saturated carbocycles. The second-order valence-corrected chi connectivity index (χ2v) is 8.38. The lowest BCUT2D eigenvalue weighted by Crippen LogP contribution is -2.18. The first-order valence-electron chi connectivity index (χ1n) is 8.60. The maximum Gasteiger partial charge on any atom is 0.256 e. The molecule has 4 rings (SSSR count). The Morgan fingerprint density at radius 1 is 1.30 bits per heavy atom. The minimum absolute atomic E-state index is 0.0606. The van der Waals surface area contributed by atoms with Crippen LogP contribution in [0.5, 0.6) is 0 Å². The van der Waals surface area contributed by atoms with E-state index in [0.717, 1.165) is 37.0 Å². The first-order valence-corrected chi connectivity index (χ1v) is 10.1. The molecule has 0 spiro atoms. The molecular formula is C19H17N3O4S. The monoisotopic (exact) mass is 383 g/mol. The average molecular weight is 383 g/mol. The average Bonchev–Trinajstić information content (AvgIpc) is 3.18. The van der Waals surface area contributed by atoms with Crippen LogP contribution >= 0.6 is 0 Å². The molecule has 2 N–H and O–H groups in total. The van der Waals surface area contributed by atoms with Crippen molar-refractivity contribution in [1.82, 2.24) is 4.72 Å². The van der Waals surface area contributed by atoms with Crippen molar-refractivity contribution in [3.05, 3.63) is 46.4 Å². The third-order valence-corrected chi connectivity index (χ3v) is 6.35. The van der Waals surface area contributed by atoms with Gasteiger partial charge in [-0.15, -0.1) is 0 Å². The quantitative estimate of drug-likeness (QED) is 0.791. The number of hydrogen-bond acceptors (Lipinski definition) is 5. The largest absolute Gasteiger partial charge is 0.460 e. The van der Waals surface area contributed by atoms with Crippen LogP contribution in [0.4, 0.5) is 5.69 Å². The predicted molar refractivity (Wildman–Crippen MR) is 99.3 cm³/mol. The van der Waals surface area contributed by atoms with Crippen LogP contribution in [0.1, 0.15) is 41.1 Å². The highest BCUT2D eigenvalue weighted by atomic mass is 32.2. The Balaban J connectivity index is 1.85. The highest BCUT2D eigenvalue weighted by Gasteiger charge is 2.28. The molecule has 0 saturated heterocycles. The lowest BCUT2D eigenvalue weighted by Gasteiger charge is -2.07. The van der Waals surface area contributed by atoms with Gasteiger partial charge in [-0.3, -0.25) is 4.79 Å². The van der Waals surface area contributed by atoms with E-state index in [1.54, 1.807) is 6.07 Å². The molecule has 2 aliphatic rings. The molecule has 1 aliphatic heterocycles.